The van der Waals surface area contributed by atoms with E-state index in [9.17, 15) is 27.6 Å². The Morgan fingerprint density at radius 1 is 1.40 bits per heavy atom. The van der Waals surface area contributed by atoms with Crippen LogP contribution in [0.3, 0.4) is 0 Å². The van der Waals surface area contributed by atoms with Crippen LogP contribution in [0.4, 0.5) is 13.2 Å². The summed E-state index contributed by atoms with van der Waals surface area (Å²) in [4.78, 5) is 37.7. The molecule has 1 aromatic heterocycles. The van der Waals surface area contributed by atoms with Crippen LogP contribution >= 0.6 is 0 Å². The molecule has 0 aliphatic carbocycles. The van der Waals surface area contributed by atoms with E-state index in [0.717, 1.165) is 13.2 Å². The molecular weight excluding hydrogens is 407 g/mol. The van der Waals surface area contributed by atoms with E-state index in [1.807, 2.05) is 0 Å². The molecule has 0 aliphatic rings. The molecule has 2 atom stereocenters. The molecule has 0 bridgehead atoms. The van der Waals surface area contributed by atoms with E-state index in [0.29, 0.717) is 4.90 Å². The highest BCUT2D eigenvalue weighted by molar-refractivity contribution is 5.93. The molecule has 0 fully saturated rings. The number of aryl methyl sites for hydroxylation is 1. The van der Waals surface area contributed by atoms with Gasteiger partial charge < -0.3 is 19.5 Å². The van der Waals surface area contributed by atoms with E-state index in [-0.39, 0.29) is 11.9 Å². The predicted molar refractivity (Wildman–Crippen MR) is 98.6 cm³/mol. The van der Waals surface area contributed by atoms with Gasteiger partial charge in [0.1, 0.15) is 6.33 Å². The summed E-state index contributed by atoms with van der Waals surface area (Å²) in [5.41, 5.74) is 2.19. The topological polar surface area (TPSA) is 106 Å². The molecule has 1 aromatic rings. The summed E-state index contributed by atoms with van der Waals surface area (Å²) >= 11 is 0. The highest BCUT2D eigenvalue weighted by atomic mass is 19.4. The SMILES string of the molecule is C=C=CC(=O)N(CC(CC(=O)OC)C(F)(F)F)C(C(=O)NC(C)C)c1nncn1C. The molecule has 1 rings (SSSR count). The van der Waals surface area contributed by atoms with Crippen molar-refractivity contribution < 1.29 is 32.3 Å². The Labute approximate surface area is 171 Å². The summed E-state index contributed by atoms with van der Waals surface area (Å²) in [5, 5.41) is 9.99. The first-order chi connectivity index (χ1) is 13.9. The van der Waals surface area contributed by atoms with Gasteiger partial charge in [-0.3, -0.25) is 14.4 Å². The minimum atomic E-state index is -4.84. The largest absolute Gasteiger partial charge is 0.469 e. The molecule has 166 valence electrons. The molecule has 9 nitrogen and oxygen atoms in total. The Bertz CT molecular complexity index is 815. The van der Waals surface area contributed by atoms with Gasteiger partial charge >= 0.3 is 12.1 Å². The second kappa shape index (κ2) is 10.6. The Balaban J connectivity index is 3.50. The van der Waals surface area contributed by atoms with Crippen molar-refractivity contribution in [2.45, 2.75) is 38.5 Å². The molecular formula is C18H24F3N5O4. The summed E-state index contributed by atoms with van der Waals surface area (Å²) in [6.45, 7) is 5.55. The lowest BCUT2D eigenvalue weighted by Crippen LogP contribution is -2.49. The molecule has 2 unspecified atom stereocenters. The molecule has 0 spiro atoms. The van der Waals surface area contributed by atoms with E-state index >= 15 is 0 Å². The number of amides is 2. The van der Waals surface area contributed by atoms with Crippen molar-refractivity contribution in [2.75, 3.05) is 13.7 Å². The number of rotatable bonds is 9. The fourth-order valence-corrected chi connectivity index (χ4v) is 2.60. The third-order valence-electron chi connectivity index (χ3n) is 4.01. The number of hydrogen-bond donors (Lipinski definition) is 1. The summed E-state index contributed by atoms with van der Waals surface area (Å²) in [7, 11) is 2.43. The second-order valence-electron chi connectivity index (χ2n) is 6.72. The monoisotopic (exact) mass is 431 g/mol. The van der Waals surface area contributed by atoms with Gasteiger partial charge in [-0.25, -0.2) is 0 Å². The first kappa shape index (κ1) is 24.9. The van der Waals surface area contributed by atoms with E-state index < -0.39 is 48.9 Å². The maximum absolute atomic E-state index is 13.6. The average molecular weight is 431 g/mol. The van der Waals surface area contributed by atoms with Gasteiger partial charge in [0.25, 0.3) is 11.8 Å². The number of alkyl halides is 3. The van der Waals surface area contributed by atoms with E-state index in [1.165, 1.54) is 17.9 Å². The van der Waals surface area contributed by atoms with Crippen molar-refractivity contribution in [3.63, 3.8) is 0 Å². The van der Waals surface area contributed by atoms with Gasteiger partial charge in [-0.1, -0.05) is 6.58 Å². The fraction of sp³-hybridized carbons (Fsp3) is 0.556. The number of aromatic nitrogens is 3. The smallest absolute Gasteiger partial charge is 0.394 e. The number of hydrogen-bond acceptors (Lipinski definition) is 6. The zero-order chi connectivity index (χ0) is 23.1. The molecule has 0 saturated carbocycles. The number of halogens is 3. The highest BCUT2D eigenvalue weighted by Crippen LogP contribution is 2.32. The van der Waals surface area contributed by atoms with E-state index in [4.69, 9.17) is 0 Å². The zero-order valence-corrected chi connectivity index (χ0v) is 17.1. The van der Waals surface area contributed by atoms with Gasteiger partial charge in [0.05, 0.1) is 19.4 Å². The molecule has 30 heavy (non-hydrogen) atoms. The third kappa shape index (κ3) is 6.73. The quantitative estimate of drug-likeness (QED) is 0.359. The summed E-state index contributed by atoms with van der Waals surface area (Å²) in [5.74, 6) is -5.17. The van der Waals surface area contributed by atoms with Crippen molar-refractivity contribution in [2.24, 2.45) is 13.0 Å². The predicted octanol–water partition coefficient (Wildman–Crippen LogP) is 1.29. The summed E-state index contributed by atoms with van der Waals surface area (Å²) in [6, 6.07) is -1.91. The van der Waals surface area contributed by atoms with Gasteiger partial charge in [0.15, 0.2) is 11.9 Å². The number of nitrogens with zero attached hydrogens (tertiary/aromatic N) is 4. The molecule has 0 radical (unpaired) electrons. The standard InChI is InChI=1S/C18H24F3N5O4/c1-6-7-13(27)26(9-12(18(19,20)21)8-14(28)30-5)15(17(29)23-11(2)3)16-24-22-10-25(16)4/h7,10-12,15H,1,8-9H2,2-5H3,(H,23,29). The van der Waals surface area contributed by atoms with E-state index in [2.05, 4.69) is 32.6 Å². The number of ether oxygens (including phenoxy) is 1. The van der Waals surface area contributed by atoms with Crippen LogP contribution in [-0.2, 0) is 26.2 Å². The summed E-state index contributed by atoms with van der Waals surface area (Å²) < 4.78 is 46.5. The van der Waals surface area contributed by atoms with Crippen LogP contribution in [-0.4, -0.2) is 63.3 Å². The van der Waals surface area contributed by atoms with Gasteiger partial charge in [0, 0.05) is 25.7 Å². The normalized spacial score (nSPS) is 13.2. The van der Waals surface area contributed by atoms with Crippen molar-refractivity contribution in [3.05, 3.63) is 30.5 Å². The molecule has 0 saturated heterocycles. The number of esters is 1. The lowest BCUT2D eigenvalue weighted by atomic mass is 10.0. The minimum Gasteiger partial charge on any atom is -0.469 e. The molecule has 1 heterocycles. The van der Waals surface area contributed by atoms with Crippen LogP contribution < -0.4 is 5.32 Å². The lowest BCUT2D eigenvalue weighted by molar-refractivity contribution is -0.190. The number of carbonyl (C=O) groups excluding carboxylic acids is 3. The van der Waals surface area contributed by atoms with Gasteiger partial charge in [-0.05, 0) is 13.8 Å². The van der Waals surface area contributed by atoms with Crippen LogP contribution in [0, 0.1) is 5.92 Å². The number of nitrogens with one attached hydrogen (secondary N) is 1. The molecule has 0 aromatic carbocycles. The molecule has 2 amide bonds. The molecule has 0 aliphatic heterocycles. The molecule has 12 heteroatoms. The van der Waals surface area contributed by atoms with Crippen molar-refractivity contribution in [1.29, 1.82) is 0 Å². The van der Waals surface area contributed by atoms with Crippen LogP contribution in [0.5, 0.6) is 0 Å². The Kier molecular flexibility index (Phi) is 8.78. The Morgan fingerprint density at radius 2 is 2.03 bits per heavy atom. The Hall–Kier alpha value is -3.14. The average Bonchev–Trinajstić information content (AvgIpc) is 3.04. The lowest BCUT2D eigenvalue weighted by Gasteiger charge is -2.33. The number of carbonyl (C=O) groups is 3. The van der Waals surface area contributed by atoms with Crippen LogP contribution in [0.1, 0.15) is 32.1 Å². The van der Waals surface area contributed by atoms with Gasteiger partial charge in [-0.2, -0.15) is 13.2 Å². The first-order valence-electron chi connectivity index (χ1n) is 8.86. The Morgan fingerprint density at radius 3 is 2.47 bits per heavy atom. The second-order valence-corrected chi connectivity index (χ2v) is 6.72. The maximum Gasteiger partial charge on any atom is 0.394 e. The van der Waals surface area contributed by atoms with E-state index in [1.54, 1.807) is 13.8 Å². The van der Waals surface area contributed by atoms with Crippen LogP contribution in [0.15, 0.2) is 24.7 Å². The van der Waals surface area contributed by atoms with Crippen molar-refractivity contribution in [1.82, 2.24) is 25.0 Å². The third-order valence-corrected chi connectivity index (χ3v) is 4.01. The maximum atomic E-state index is 13.6. The summed E-state index contributed by atoms with van der Waals surface area (Å²) in [6.07, 6.45) is -3.83. The molecule has 1 N–H and O–H groups in total. The minimum absolute atomic E-state index is 0.0574. The van der Waals surface area contributed by atoms with Crippen LogP contribution in [0.2, 0.25) is 0 Å². The van der Waals surface area contributed by atoms with Crippen LogP contribution in [0.25, 0.3) is 0 Å². The fourth-order valence-electron chi connectivity index (χ4n) is 2.60. The van der Waals surface area contributed by atoms with Crippen molar-refractivity contribution in [3.8, 4) is 0 Å². The van der Waals surface area contributed by atoms with Crippen molar-refractivity contribution >= 4 is 17.8 Å². The number of methoxy groups -OCH3 is 1. The van der Waals surface area contributed by atoms with Gasteiger partial charge in [0.2, 0.25) is 0 Å². The highest BCUT2D eigenvalue weighted by Gasteiger charge is 2.45. The first-order valence-corrected chi connectivity index (χ1v) is 8.86. The zero-order valence-electron chi connectivity index (χ0n) is 17.1. The van der Waals surface area contributed by atoms with Gasteiger partial charge in [-0.15, -0.1) is 15.9 Å².